The van der Waals surface area contributed by atoms with Crippen LogP contribution in [0.1, 0.15) is 37.7 Å². The summed E-state index contributed by atoms with van der Waals surface area (Å²) >= 11 is 0. The normalized spacial score (nSPS) is 27.5. The summed E-state index contributed by atoms with van der Waals surface area (Å²) in [6, 6.07) is 11.1. The molecule has 1 aliphatic carbocycles. The van der Waals surface area contributed by atoms with E-state index in [-0.39, 0.29) is 11.8 Å². The number of nitrogens with zero attached hydrogens (tertiary/aromatic N) is 1. The fraction of sp³-hybridized carbons (Fsp3) is 0.682. The number of rotatable bonds is 7. The van der Waals surface area contributed by atoms with Gasteiger partial charge in [0.25, 0.3) is 0 Å². The number of ether oxygens (including phenoxy) is 1. The summed E-state index contributed by atoms with van der Waals surface area (Å²) in [6.45, 7) is 4.81. The number of aryl methyl sites for hydroxylation is 1. The highest BCUT2D eigenvalue weighted by atomic mass is 16.5. The summed E-state index contributed by atoms with van der Waals surface area (Å²) < 4.78 is 5.40. The molecule has 2 aliphatic heterocycles. The first-order valence-electron chi connectivity index (χ1n) is 10.4. The van der Waals surface area contributed by atoms with Crippen molar-refractivity contribution in [2.45, 2.75) is 44.6 Å². The molecule has 2 heterocycles. The SMILES string of the molecule is O=C(N[C@@H]1CN(CCCc2ccccc2)C[C@H]1C1CC1)C1CCOCC1. The fourth-order valence-corrected chi connectivity index (χ4v) is 4.66. The molecular weight excluding hydrogens is 324 g/mol. The lowest BCUT2D eigenvalue weighted by atomic mass is 9.95. The molecule has 4 nitrogen and oxygen atoms in total. The first-order valence-corrected chi connectivity index (χ1v) is 10.4. The van der Waals surface area contributed by atoms with Gasteiger partial charge in [-0.2, -0.15) is 0 Å². The van der Waals surface area contributed by atoms with Gasteiger partial charge in [-0.05, 0) is 62.5 Å². The van der Waals surface area contributed by atoms with E-state index in [1.807, 2.05) is 0 Å². The van der Waals surface area contributed by atoms with Crippen molar-refractivity contribution in [3.05, 3.63) is 35.9 Å². The summed E-state index contributed by atoms with van der Waals surface area (Å²) in [4.78, 5) is 15.2. The topological polar surface area (TPSA) is 41.6 Å². The molecule has 0 bridgehead atoms. The minimum absolute atomic E-state index is 0.163. The predicted molar refractivity (Wildman–Crippen MR) is 103 cm³/mol. The van der Waals surface area contributed by atoms with Crippen LogP contribution >= 0.6 is 0 Å². The van der Waals surface area contributed by atoms with Gasteiger partial charge in [-0.25, -0.2) is 0 Å². The summed E-state index contributed by atoms with van der Waals surface area (Å²) in [6.07, 6.45) is 6.81. The monoisotopic (exact) mass is 356 g/mol. The van der Waals surface area contributed by atoms with E-state index in [9.17, 15) is 4.79 Å². The van der Waals surface area contributed by atoms with Crippen molar-refractivity contribution in [2.75, 3.05) is 32.8 Å². The number of benzene rings is 1. The van der Waals surface area contributed by atoms with E-state index in [0.717, 1.165) is 58.0 Å². The van der Waals surface area contributed by atoms with Crippen molar-refractivity contribution in [1.82, 2.24) is 10.2 Å². The Morgan fingerprint density at radius 2 is 1.85 bits per heavy atom. The Hall–Kier alpha value is -1.39. The third kappa shape index (κ3) is 4.66. The van der Waals surface area contributed by atoms with E-state index in [2.05, 4.69) is 40.5 Å². The zero-order valence-corrected chi connectivity index (χ0v) is 15.7. The second-order valence-electron chi connectivity index (χ2n) is 8.35. The van der Waals surface area contributed by atoms with Gasteiger partial charge >= 0.3 is 0 Å². The highest BCUT2D eigenvalue weighted by Gasteiger charge is 2.43. The van der Waals surface area contributed by atoms with Crippen LogP contribution in [-0.2, 0) is 16.0 Å². The lowest BCUT2D eigenvalue weighted by Gasteiger charge is -2.25. The van der Waals surface area contributed by atoms with Crippen molar-refractivity contribution < 1.29 is 9.53 Å². The maximum atomic E-state index is 12.7. The molecule has 3 fully saturated rings. The Bertz CT molecular complexity index is 581. The largest absolute Gasteiger partial charge is 0.381 e. The second kappa shape index (κ2) is 8.53. The molecule has 142 valence electrons. The van der Waals surface area contributed by atoms with Crippen LogP contribution < -0.4 is 5.32 Å². The van der Waals surface area contributed by atoms with Crippen LogP contribution in [0, 0.1) is 17.8 Å². The number of likely N-dealkylation sites (tertiary alicyclic amines) is 1. The van der Waals surface area contributed by atoms with E-state index in [1.54, 1.807) is 0 Å². The minimum atomic E-state index is 0.163. The molecule has 2 atom stereocenters. The molecule has 4 heteroatoms. The number of hydrogen-bond donors (Lipinski definition) is 1. The number of carbonyl (C=O) groups is 1. The van der Waals surface area contributed by atoms with Crippen LogP contribution in [0.5, 0.6) is 0 Å². The van der Waals surface area contributed by atoms with Crippen molar-refractivity contribution in [1.29, 1.82) is 0 Å². The van der Waals surface area contributed by atoms with Crippen LogP contribution in [0.2, 0.25) is 0 Å². The average Bonchev–Trinajstić information content (AvgIpc) is 3.45. The molecule has 26 heavy (non-hydrogen) atoms. The number of nitrogens with one attached hydrogen (secondary N) is 1. The third-order valence-corrected chi connectivity index (χ3v) is 6.37. The van der Waals surface area contributed by atoms with E-state index >= 15 is 0 Å². The lowest BCUT2D eigenvalue weighted by Crippen LogP contribution is -2.45. The Labute approximate surface area is 157 Å². The van der Waals surface area contributed by atoms with Gasteiger partial charge in [0, 0.05) is 38.3 Å². The zero-order chi connectivity index (χ0) is 17.8. The Morgan fingerprint density at radius 3 is 2.58 bits per heavy atom. The molecule has 4 rings (SSSR count). The summed E-state index contributed by atoms with van der Waals surface area (Å²) in [5.41, 5.74) is 1.43. The van der Waals surface area contributed by atoms with Crippen molar-refractivity contribution in [3.63, 3.8) is 0 Å². The predicted octanol–water partition coefficient (Wildman–Crippen LogP) is 2.87. The number of carbonyl (C=O) groups excluding carboxylic acids is 1. The first-order chi connectivity index (χ1) is 12.8. The van der Waals surface area contributed by atoms with Crippen LogP contribution in [0.15, 0.2) is 30.3 Å². The van der Waals surface area contributed by atoms with Crippen molar-refractivity contribution in [2.24, 2.45) is 17.8 Å². The number of amides is 1. The highest BCUT2D eigenvalue weighted by molar-refractivity contribution is 5.79. The molecule has 1 N–H and O–H groups in total. The minimum Gasteiger partial charge on any atom is -0.381 e. The molecule has 0 unspecified atom stereocenters. The van der Waals surface area contributed by atoms with Gasteiger partial charge in [0.2, 0.25) is 5.91 Å². The Kier molecular flexibility index (Phi) is 5.91. The molecule has 3 aliphatic rings. The number of hydrogen-bond acceptors (Lipinski definition) is 3. The molecule has 2 saturated heterocycles. The van der Waals surface area contributed by atoms with E-state index in [4.69, 9.17) is 4.74 Å². The van der Waals surface area contributed by atoms with Crippen LogP contribution in [0.4, 0.5) is 0 Å². The summed E-state index contributed by atoms with van der Waals surface area (Å²) in [5, 5.41) is 3.42. The first kappa shape index (κ1) is 18.0. The zero-order valence-electron chi connectivity index (χ0n) is 15.7. The maximum Gasteiger partial charge on any atom is 0.223 e. The Morgan fingerprint density at radius 1 is 1.08 bits per heavy atom. The van der Waals surface area contributed by atoms with E-state index < -0.39 is 0 Å². The van der Waals surface area contributed by atoms with Gasteiger partial charge in [0.1, 0.15) is 0 Å². The van der Waals surface area contributed by atoms with E-state index in [1.165, 1.54) is 24.8 Å². The third-order valence-electron chi connectivity index (χ3n) is 6.37. The van der Waals surface area contributed by atoms with Gasteiger partial charge < -0.3 is 15.0 Å². The van der Waals surface area contributed by atoms with Crippen LogP contribution in [0.3, 0.4) is 0 Å². The Balaban J connectivity index is 1.27. The van der Waals surface area contributed by atoms with Gasteiger partial charge in [0.05, 0.1) is 0 Å². The van der Waals surface area contributed by atoms with Crippen LogP contribution in [-0.4, -0.2) is 49.7 Å². The van der Waals surface area contributed by atoms with Gasteiger partial charge in [0.15, 0.2) is 0 Å². The smallest absolute Gasteiger partial charge is 0.223 e. The quantitative estimate of drug-likeness (QED) is 0.817. The second-order valence-corrected chi connectivity index (χ2v) is 8.35. The molecular formula is C22H32N2O2. The van der Waals surface area contributed by atoms with Gasteiger partial charge in [-0.15, -0.1) is 0 Å². The maximum absolute atomic E-state index is 12.7. The molecule has 1 saturated carbocycles. The van der Waals surface area contributed by atoms with Crippen LogP contribution in [0.25, 0.3) is 0 Å². The molecule has 1 amide bonds. The van der Waals surface area contributed by atoms with Crippen molar-refractivity contribution in [3.8, 4) is 0 Å². The molecule has 0 aromatic heterocycles. The van der Waals surface area contributed by atoms with Gasteiger partial charge in [-0.1, -0.05) is 30.3 Å². The van der Waals surface area contributed by atoms with Crippen molar-refractivity contribution >= 4 is 5.91 Å². The molecule has 0 spiro atoms. The highest BCUT2D eigenvalue weighted by Crippen LogP contribution is 2.41. The molecule has 1 aromatic rings. The standard InChI is InChI=1S/C22H32N2O2/c25-22(19-10-13-26-14-11-19)23-21-16-24(15-20(21)18-8-9-18)12-4-7-17-5-2-1-3-6-17/h1-3,5-6,18-21H,4,7-16H2,(H,23,25)/t20-,21+/m0/s1. The summed E-state index contributed by atoms with van der Waals surface area (Å²) in [7, 11) is 0. The fourth-order valence-electron chi connectivity index (χ4n) is 4.66. The van der Waals surface area contributed by atoms with E-state index in [0.29, 0.717) is 12.0 Å². The van der Waals surface area contributed by atoms with Gasteiger partial charge in [-0.3, -0.25) is 4.79 Å². The lowest BCUT2D eigenvalue weighted by molar-refractivity contribution is -0.128. The average molecular weight is 357 g/mol. The molecule has 0 radical (unpaired) electrons. The summed E-state index contributed by atoms with van der Waals surface area (Å²) in [5.74, 6) is 1.94. The molecule has 1 aromatic carbocycles.